The number of nitrogens with one attached hydrogen (secondary N) is 3. The first-order valence-electron chi connectivity index (χ1n) is 10.4. The highest BCUT2D eigenvalue weighted by molar-refractivity contribution is 6.35. The SMILES string of the molecule is CCNC(=NCC1(c2ccc(Cl)cc2Cl)CCOCC1)NCCNC(=O)C1CC1. The molecule has 0 radical (unpaired) electrons. The van der Waals surface area contributed by atoms with Gasteiger partial charge < -0.3 is 20.7 Å². The Hall–Kier alpha value is -1.50. The van der Waals surface area contributed by atoms with Gasteiger partial charge in [0.15, 0.2) is 5.96 Å². The van der Waals surface area contributed by atoms with Crippen LogP contribution in [0.4, 0.5) is 0 Å². The molecular weight excluding hydrogens is 411 g/mol. The van der Waals surface area contributed by atoms with Crippen LogP contribution in [0.2, 0.25) is 10.0 Å². The number of ether oxygens (including phenoxy) is 1. The Balaban J connectivity index is 1.65. The lowest BCUT2D eigenvalue weighted by molar-refractivity contribution is -0.122. The molecule has 6 nitrogen and oxygen atoms in total. The van der Waals surface area contributed by atoms with Crippen molar-refractivity contribution in [2.45, 2.75) is 38.0 Å². The second-order valence-corrected chi connectivity index (χ2v) is 8.55. The Morgan fingerprint density at radius 2 is 1.90 bits per heavy atom. The maximum Gasteiger partial charge on any atom is 0.223 e. The molecule has 1 saturated carbocycles. The highest BCUT2D eigenvalue weighted by Crippen LogP contribution is 2.40. The molecule has 0 aromatic heterocycles. The van der Waals surface area contributed by atoms with Crippen molar-refractivity contribution >= 4 is 35.1 Å². The summed E-state index contributed by atoms with van der Waals surface area (Å²) in [5.74, 6) is 1.13. The van der Waals surface area contributed by atoms with Gasteiger partial charge in [0.05, 0.1) is 6.54 Å². The lowest BCUT2D eigenvalue weighted by Gasteiger charge is -2.37. The first-order chi connectivity index (χ1) is 14.0. The van der Waals surface area contributed by atoms with Gasteiger partial charge in [-0.05, 0) is 50.3 Å². The van der Waals surface area contributed by atoms with Crippen LogP contribution in [0.5, 0.6) is 0 Å². The Bertz CT molecular complexity index is 731. The average molecular weight is 441 g/mol. The number of rotatable bonds is 8. The molecule has 1 aromatic rings. The van der Waals surface area contributed by atoms with Crippen LogP contribution >= 0.6 is 23.2 Å². The van der Waals surface area contributed by atoms with Crippen molar-refractivity contribution in [3.05, 3.63) is 33.8 Å². The van der Waals surface area contributed by atoms with Gasteiger partial charge in [0, 0.05) is 54.2 Å². The minimum atomic E-state index is -0.178. The number of aliphatic imine (C=N–C) groups is 1. The van der Waals surface area contributed by atoms with Crippen molar-refractivity contribution in [2.24, 2.45) is 10.9 Å². The number of nitrogens with zero attached hydrogens (tertiary/aromatic N) is 1. The molecule has 0 spiro atoms. The first kappa shape index (κ1) is 22.2. The third kappa shape index (κ3) is 6.24. The fourth-order valence-corrected chi connectivity index (χ4v) is 4.23. The number of hydrogen-bond acceptors (Lipinski definition) is 3. The third-order valence-electron chi connectivity index (χ3n) is 5.50. The van der Waals surface area contributed by atoms with E-state index < -0.39 is 0 Å². The predicted octanol–water partition coefficient (Wildman–Crippen LogP) is 3.12. The smallest absolute Gasteiger partial charge is 0.223 e. The van der Waals surface area contributed by atoms with Crippen LogP contribution in [-0.2, 0) is 14.9 Å². The second-order valence-electron chi connectivity index (χ2n) is 7.70. The summed E-state index contributed by atoms with van der Waals surface area (Å²) >= 11 is 12.6. The van der Waals surface area contributed by atoms with Crippen LogP contribution in [0.3, 0.4) is 0 Å². The highest BCUT2D eigenvalue weighted by atomic mass is 35.5. The van der Waals surface area contributed by atoms with E-state index in [2.05, 4.69) is 16.0 Å². The highest BCUT2D eigenvalue weighted by Gasteiger charge is 2.36. The zero-order valence-electron chi connectivity index (χ0n) is 16.9. The van der Waals surface area contributed by atoms with Gasteiger partial charge in [-0.3, -0.25) is 9.79 Å². The van der Waals surface area contributed by atoms with E-state index in [1.54, 1.807) is 6.07 Å². The average Bonchev–Trinajstić information content (AvgIpc) is 3.55. The Morgan fingerprint density at radius 1 is 1.17 bits per heavy atom. The quantitative estimate of drug-likeness (QED) is 0.329. The first-order valence-corrected chi connectivity index (χ1v) is 11.1. The maximum atomic E-state index is 11.7. The van der Waals surface area contributed by atoms with Crippen molar-refractivity contribution < 1.29 is 9.53 Å². The number of benzene rings is 1. The van der Waals surface area contributed by atoms with E-state index in [-0.39, 0.29) is 17.2 Å². The Kier molecular flexibility index (Phi) is 8.04. The van der Waals surface area contributed by atoms with E-state index in [4.69, 9.17) is 32.9 Å². The summed E-state index contributed by atoms with van der Waals surface area (Å²) in [5, 5.41) is 10.9. The monoisotopic (exact) mass is 440 g/mol. The summed E-state index contributed by atoms with van der Waals surface area (Å²) in [6.45, 7) is 5.98. The Morgan fingerprint density at radius 3 is 2.55 bits per heavy atom. The topological polar surface area (TPSA) is 74.8 Å². The molecule has 1 aromatic carbocycles. The molecule has 3 N–H and O–H groups in total. The maximum absolute atomic E-state index is 11.7. The van der Waals surface area contributed by atoms with Crippen LogP contribution < -0.4 is 16.0 Å². The van der Waals surface area contributed by atoms with Crippen LogP contribution in [-0.4, -0.2) is 51.3 Å². The molecule has 160 valence electrons. The number of guanidine groups is 1. The zero-order valence-corrected chi connectivity index (χ0v) is 18.4. The van der Waals surface area contributed by atoms with Gasteiger partial charge in [-0.15, -0.1) is 0 Å². The number of carbonyl (C=O) groups excluding carboxylic acids is 1. The summed E-state index contributed by atoms with van der Waals surface area (Å²) in [7, 11) is 0. The van der Waals surface area contributed by atoms with Crippen LogP contribution in [0.25, 0.3) is 0 Å². The number of amides is 1. The van der Waals surface area contributed by atoms with Crippen molar-refractivity contribution in [2.75, 3.05) is 39.4 Å². The minimum Gasteiger partial charge on any atom is -0.381 e. The van der Waals surface area contributed by atoms with Gasteiger partial charge in [-0.25, -0.2) is 0 Å². The molecular formula is C21H30Cl2N4O2. The lowest BCUT2D eigenvalue weighted by atomic mass is 9.74. The van der Waals surface area contributed by atoms with E-state index in [0.717, 1.165) is 43.8 Å². The molecule has 0 unspecified atom stereocenters. The summed E-state index contributed by atoms with van der Waals surface area (Å²) in [5.41, 5.74) is 0.894. The molecule has 2 aliphatic rings. The van der Waals surface area contributed by atoms with Crippen molar-refractivity contribution in [1.29, 1.82) is 0 Å². The second kappa shape index (κ2) is 10.5. The van der Waals surface area contributed by atoms with Gasteiger partial charge in [-0.2, -0.15) is 0 Å². The molecule has 1 amide bonds. The number of halogens is 2. The van der Waals surface area contributed by atoms with E-state index in [0.29, 0.717) is 42.9 Å². The summed E-state index contributed by atoms with van der Waals surface area (Å²) in [4.78, 5) is 16.6. The molecule has 1 aliphatic heterocycles. The largest absolute Gasteiger partial charge is 0.381 e. The molecule has 1 saturated heterocycles. The third-order valence-corrected chi connectivity index (χ3v) is 6.05. The number of hydrogen-bond donors (Lipinski definition) is 3. The number of carbonyl (C=O) groups is 1. The van der Waals surface area contributed by atoms with E-state index in [1.807, 2.05) is 19.1 Å². The molecule has 8 heteroatoms. The van der Waals surface area contributed by atoms with E-state index >= 15 is 0 Å². The van der Waals surface area contributed by atoms with Crippen molar-refractivity contribution in [1.82, 2.24) is 16.0 Å². The van der Waals surface area contributed by atoms with Crippen LogP contribution in [0.1, 0.15) is 38.2 Å². The fourth-order valence-electron chi connectivity index (χ4n) is 3.62. The summed E-state index contributed by atoms with van der Waals surface area (Å²) in [6, 6.07) is 5.69. The molecule has 1 heterocycles. The molecule has 3 rings (SSSR count). The molecule has 0 atom stereocenters. The molecule has 0 bridgehead atoms. The fraction of sp³-hybridized carbons (Fsp3) is 0.619. The summed E-state index contributed by atoms with van der Waals surface area (Å²) < 4.78 is 5.60. The zero-order chi connectivity index (χ0) is 20.7. The van der Waals surface area contributed by atoms with Gasteiger partial charge >= 0.3 is 0 Å². The lowest BCUT2D eigenvalue weighted by Crippen LogP contribution is -2.43. The molecule has 2 fully saturated rings. The normalized spacial score (nSPS) is 18.9. The van der Waals surface area contributed by atoms with Crippen LogP contribution in [0.15, 0.2) is 23.2 Å². The van der Waals surface area contributed by atoms with Gasteiger partial charge in [0.1, 0.15) is 0 Å². The standard InChI is InChI=1S/C21H30Cl2N4O2/c1-2-24-20(26-10-9-25-19(28)15-3-4-15)27-14-21(7-11-29-12-8-21)17-6-5-16(22)13-18(17)23/h5-6,13,15H,2-4,7-12,14H2,1H3,(H,25,28)(H2,24,26,27). The summed E-state index contributed by atoms with van der Waals surface area (Å²) in [6.07, 6.45) is 3.74. The predicted molar refractivity (Wildman–Crippen MR) is 118 cm³/mol. The molecule has 1 aliphatic carbocycles. The molecule has 29 heavy (non-hydrogen) atoms. The minimum absolute atomic E-state index is 0.160. The Labute approximate surface area is 182 Å². The van der Waals surface area contributed by atoms with Gasteiger partial charge in [-0.1, -0.05) is 29.3 Å². The van der Waals surface area contributed by atoms with E-state index in [9.17, 15) is 4.79 Å². The van der Waals surface area contributed by atoms with Crippen LogP contribution in [0, 0.1) is 5.92 Å². The van der Waals surface area contributed by atoms with Crippen molar-refractivity contribution in [3.63, 3.8) is 0 Å². The van der Waals surface area contributed by atoms with Gasteiger partial charge in [0.2, 0.25) is 5.91 Å². The van der Waals surface area contributed by atoms with Gasteiger partial charge in [0.25, 0.3) is 0 Å². The van der Waals surface area contributed by atoms with E-state index in [1.165, 1.54) is 0 Å². The van der Waals surface area contributed by atoms with Crippen molar-refractivity contribution in [3.8, 4) is 0 Å².